The molecule has 198 valence electrons. The van der Waals surface area contributed by atoms with Crippen LogP contribution in [0.5, 0.6) is 17.2 Å². The van der Waals surface area contributed by atoms with Gasteiger partial charge >= 0.3 is 0 Å². The molecule has 0 bridgehead atoms. The van der Waals surface area contributed by atoms with Crippen LogP contribution in [0.1, 0.15) is 0 Å². The van der Waals surface area contributed by atoms with Crippen LogP contribution in [0.3, 0.4) is 0 Å². The van der Waals surface area contributed by atoms with Crippen molar-refractivity contribution >= 4 is 11.0 Å². The molecule has 0 unspecified atom stereocenters. The fraction of sp³-hybridized carbons (Fsp3) is 0.464. The smallest absolute Gasteiger partial charge is 0.200 e. The summed E-state index contributed by atoms with van der Waals surface area (Å²) in [6.07, 6.45) is 1.50. The van der Waals surface area contributed by atoms with Crippen molar-refractivity contribution in [1.82, 2.24) is 9.80 Å². The molecule has 0 N–H and O–H groups in total. The van der Waals surface area contributed by atoms with E-state index in [1.165, 1.54) is 6.26 Å². The molecule has 3 aromatic rings. The van der Waals surface area contributed by atoms with E-state index in [-0.39, 0.29) is 5.43 Å². The van der Waals surface area contributed by atoms with Crippen LogP contribution in [-0.4, -0.2) is 95.8 Å². The van der Waals surface area contributed by atoms with Crippen LogP contribution in [-0.2, 0) is 9.47 Å². The van der Waals surface area contributed by atoms with E-state index in [2.05, 4.69) is 9.80 Å². The van der Waals surface area contributed by atoms with Gasteiger partial charge in [0.05, 0.1) is 44.5 Å². The summed E-state index contributed by atoms with van der Waals surface area (Å²) < 4.78 is 34.1. The molecule has 0 spiro atoms. The summed E-state index contributed by atoms with van der Waals surface area (Å²) in [5.74, 6) is 1.89. The minimum absolute atomic E-state index is 0.106. The largest absolute Gasteiger partial charge is 0.493 e. The number of benzene rings is 2. The maximum Gasteiger partial charge on any atom is 0.200 e. The normalized spacial score (nSPS) is 17.1. The molecule has 3 heterocycles. The molecule has 2 saturated heterocycles. The molecule has 9 nitrogen and oxygen atoms in total. The second-order valence-corrected chi connectivity index (χ2v) is 9.11. The van der Waals surface area contributed by atoms with Gasteiger partial charge in [0.2, 0.25) is 0 Å². The van der Waals surface area contributed by atoms with E-state index in [1.54, 1.807) is 19.2 Å². The lowest BCUT2D eigenvalue weighted by Crippen LogP contribution is -2.38. The molecule has 2 fully saturated rings. The van der Waals surface area contributed by atoms with Gasteiger partial charge in [-0.3, -0.25) is 14.6 Å². The number of hydrogen-bond acceptors (Lipinski definition) is 9. The van der Waals surface area contributed by atoms with Gasteiger partial charge in [-0.1, -0.05) is 6.07 Å². The fourth-order valence-electron chi connectivity index (χ4n) is 4.58. The first-order chi connectivity index (χ1) is 18.2. The van der Waals surface area contributed by atoms with Crippen LogP contribution < -0.4 is 19.6 Å². The first-order valence-electron chi connectivity index (χ1n) is 12.8. The van der Waals surface area contributed by atoms with Crippen molar-refractivity contribution in [1.29, 1.82) is 0 Å². The number of ether oxygens (including phenoxy) is 5. The standard InChI is InChI=1S/C28H34N2O7/c1-32-25-5-2-21(18-27(25)36-17-11-30-8-14-34-15-9-30)24-20-37-26-19-22(3-4-23(26)28(24)31)35-16-10-29-6-12-33-13-7-29/h2-5,18-20H,6-17H2,1H3. The second-order valence-electron chi connectivity index (χ2n) is 9.11. The maximum atomic E-state index is 13.3. The average Bonchev–Trinajstić information content (AvgIpc) is 2.94. The van der Waals surface area contributed by atoms with E-state index >= 15 is 0 Å². The maximum absolute atomic E-state index is 13.3. The summed E-state index contributed by atoms with van der Waals surface area (Å²) in [5.41, 5.74) is 1.57. The number of fused-ring (bicyclic) bond motifs is 1. The first kappa shape index (κ1) is 25.5. The van der Waals surface area contributed by atoms with Gasteiger partial charge in [-0.05, 0) is 29.8 Å². The topological polar surface area (TPSA) is 82.8 Å². The molecular weight excluding hydrogens is 476 g/mol. The zero-order valence-corrected chi connectivity index (χ0v) is 21.3. The summed E-state index contributed by atoms with van der Waals surface area (Å²) in [7, 11) is 1.61. The molecule has 0 amide bonds. The lowest BCUT2D eigenvalue weighted by molar-refractivity contribution is 0.0321. The molecule has 2 aliphatic rings. The van der Waals surface area contributed by atoms with Gasteiger partial charge in [0.25, 0.3) is 0 Å². The van der Waals surface area contributed by atoms with Gasteiger partial charge < -0.3 is 28.1 Å². The Kier molecular flexibility index (Phi) is 8.57. The SMILES string of the molecule is COc1ccc(-c2coc3cc(OCCN4CCOCC4)ccc3c2=O)cc1OCCN1CCOCC1. The lowest BCUT2D eigenvalue weighted by Gasteiger charge is -2.26. The molecular formula is C28H34N2O7. The number of methoxy groups -OCH3 is 1. The molecule has 2 aliphatic heterocycles. The highest BCUT2D eigenvalue weighted by Gasteiger charge is 2.15. The number of rotatable bonds is 10. The number of nitrogens with zero attached hydrogens (tertiary/aromatic N) is 2. The Labute approximate surface area is 216 Å². The third-order valence-electron chi connectivity index (χ3n) is 6.77. The predicted octanol–water partition coefficient (Wildman–Crippen LogP) is 2.89. The van der Waals surface area contributed by atoms with Crippen LogP contribution in [0.25, 0.3) is 22.1 Å². The Balaban J connectivity index is 1.27. The van der Waals surface area contributed by atoms with E-state index in [4.69, 9.17) is 28.1 Å². The van der Waals surface area contributed by atoms with E-state index in [9.17, 15) is 4.79 Å². The molecule has 2 aromatic carbocycles. The van der Waals surface area contributed by atoms with E-state index in [0.717, 1.165) is 65.7 Å². The van der Waals surface area contributed by atoms with Crippen molar-refractivity contribution < 1.29 is 28.1 Å². The minimum atomic E-state index is -0.106. The zero-order valence-electron chi connectivity index (χ0n) is 21.3. The van der Waals surface area contributed by atoms with Crippen LogP contribution in [0.2, 0.25) is 0 Å². The van der Waals surface area contributed by atoms with Crippen LogP contribution in [0, 0.1) is 0 Å². The molecule has 0 radical (unpaired) electrons. The van der Waals surface area contributed by atoms with Crippen molar-refractivity contribution in [2.24, 2.45) is 0 Å². The highest BCUT2D eigenvalue weighted by molar-refractivity contribution is 5.83. The molecule has 9 heteroatoms. The lowest BCUT2D eigenvalue weighted by atomic mass is 10.0. The van der Waals surface area contributed by atoms with Crippen LogP contribution >= 0.6 is 0 Å². The summed E-state index contributed by atoms with van der Waals surface area (Å²) in [4.78, 5) is 18.0. The Morgan fingerprint density at radius 3 is 2.16 bits per heavy atom. The third-order valence-corrected chi connectivity index (χ3v) is 6.77. The highest BCUT2D eigenvalue weighted by atomic mass is 16.5. The van der Waals surface area contributed by atoms with Crippen LogP contribution in [0.15, 0.2) is 51.9 Å². The van der Waals surface area contributed by atoms with Gasteiger partial charge in [-0.25, -0.2) is 0 Å². The van der Waals surface area contributed by atoms with Gasteiger partial charge in [-0.2, -0.15) is 0 Å². The van der Waals surface area contributed by atoms with E-state index < -0.39 is 0 Å². The first-order valence-corrected chi connectivity index (χ1v) is 12.8. The number of hydrogen-bond donors (Lipinski definition) is 0. The monoisotopic (exact) mass is 510 g/mol. The second kappa shape index (κ2) is 12.4. The predicted molar refractivity (Wildman–Crippen MR) is 140 cm³/mol. The van der Waals surface area contributed by atoms with E-state index in [0.29, 0.717) is 52.6 Å². The molecule has 5 rings (SSSR count). The van der Waals surface area contributed by atoms with Gasteiger partial charge in [-0.15, -0.1) is 0 Å². The Bertz CT molecular complexity index is 1230. The summed E-state index contributed by atoms with van der Waals surface area (Å²) in [6.45, 7) is 9.38. The van der Waals surface area contributed by atoms with Gasteiger partial charge in [0, 0.05) is 45.3 Å². The molecule has 0 saturated carbocycles. The summed E-state index contributed by atoms with van der Waals surface area (Å²) in [6, 6.07) is 10.8. The van der Waals surface area contributed by atoms with Crippen molar-refractivity contribution in [3.8, 4) is 28.4 Å². The van der Waals surface area contributed by atoms with Crippen molar-refractivity contribution in [3.63, 3.8) is 0 Å². The summed E-state index contributed by atoms with van der Waals surface area (Å²) >= 11 is 0. The highest BCUT2D eigenvalue weighted by Crippen LogP contribution is 2.32. The van der Waals surface area contributed by atoms with E-state index in [1.807, 2.05) is 24.3 Å². The van der Waals surface area contributed by atoms with Gasteiger partial charge in [0.1, 0.15) is 30.8 Å². The minimum Gasteiger partial charge on any atom is -0.493 e. The van der Waals surface area contributed by atoms with Gasteiger partial charge in [0.15, 0.2) is 16.9 Å². The van der Waals surface area contributed by atoms with Crippen molar-refractivity contribution in [2.45, 2.75) is 0 Å². The fourth-order valence-corrected chi connectivity index (χ4v) is 4.58. The number of morpholine rings is 2. The quantitative estimate of drug-likeness (QED) is 0.409. The Hall–Kier alpha value is -3.11. The summed E-state index contributed by atoms with van der Waals surface area (Å²) in [5, 5.41) is 0.503. The molecule has 1 aromatic heterocycles. The Morgan fingerprint density at radius 2 is 1.49 bits per heavy atom. The average molecular weight is 511 g/mol. The third kappa shape index (κ3) is 6.42. The van der Waals surface area contributed by atoms with Crippen LogP contribution in [0.4, 0.5) is 0 Å². The molecule has 37 heavy (non-hydrogen) atoms. The Morgan fingerprint density at radius 1 is 0.811 bits per heavy atom. The zero-order chi connectivity index (χ0) is 25.5. The molecule has 0 aliphatic carbocycles. The molecule has 0 atom stereocenters. The van der Waals surface area contributed by atoms with Crippen molar-refractivity contribution in [3.05, 3.63) is 52.9 Å². The van der Waals surface area contributed by atoms with Crippen molar-refractivity contribution in [2.75, 3.05) is 86.0 Å².